The van der Waals surface area contributed by atoms with E-state index in [2.05, 4.69) is 15.3 Å². The first kappa shape index (κ1) is 15.3. The minimum Gasteiger partial charge on any atom is -0.493 e. The summed E-state index contributed by atoms with van der Waals surface area (Å²) in [4.78, 5) is 8.65. The van der Waals surface area contributed by atoms with Crippen molar-refractivity contribution < 1.29 is 9.47 Å². The first-order chi connectivity index (χ1) is 11.2. The third-order valence-electron chi connectivity index (χ3n) is 4.25. The average molecular weight is 312 g/mol. The molecule has 120 valence electrons. The Morgan fingerprint density at radius 1 is 1.09 bits per heavy atom. The Balaban J connectivity index is 2.08. The van der Waals surface area contributed by atoms with Gasteiger partial charge in [-0.2, -0.15) is 5.26 Å². The van der Waals surface area contributed by atoms with Gasteiger partial charge in [-0.15, -0.1) is 0 Å². The normalized spacial score (nSPS) is 15.2. The summed E-state index contributed by atoms with van der Waals surface area (Å²) in [6, 6.07) is 6.06. The van der Waals surface area contributed by atoms with Crippen LogP contribution in [0.1, 0.15) is 37.9 Å². The van der Waals surface area contributed by atoms with Gasteiger partial charge in [-0.3, -0.25) is 0 Å². The number of nitrogens with zero attached hydrogens (tertiary/aromatic N) is 3. The summed E-state index contributed by atoms with van der Waals surface area (Å²) in [5.74, 6) is 2.06. The minimum atomic E-state index is 0.156. The third-order valence-corrected chi connectivity index (χ3v) is 4.25. The van der Waals surface area contributed by atoms with Crippen molar-refractivity contribution in [2.45, 2.75) is 38.1 Å². The second kappa shape index (κ2) is 6.69. The topological polar surface area (TPSA) is 80.1 Å². The van der Waals surface area contributed by atoms with Crippen LogP contribution in [0.2, 0.25) is 0 Å². The maximum Gasteiger partial charge on any atom is 0.234 e. The Kier molecular flexibility index (Phi) is 4.47. The van der Waals surface area contributed by atoms with E-state index in [1.54, 1.807) is 20.3 Å². The molecule has 1 aliphatic rings. The Hall–Kier alpha value is -2.55. The molecular formula is C17H20N4O2. The molecule has 0 spiro atoms. The Labute approximate surface area is 135 Å². The van der Waals surface area contributed by atoms with Crippen LogP contribution in [0.15, 0.2) is 12.1 Å². The predicted molar refractivity (Wildman–Crippen MR) is 87.9 cm³/mol. The number of fused-ring (bicyclic) bond motifs is 1. The van der Waals surface area contributed by atoms with Crippen LogP contribution in [-0.2, 0) is 0 Å². The molecule has 1 heterocycles. The zero-order chi connectivity index (χ0) is 16.2. The van der Waals surface area contributed by atoms with Crippen molar-refractivity contribution in [3.8, 4) is 17.6 Å². The van der Waals surface area contributed by atoms with E-state index in [4.69, 9.17) is 9.47 Å². The van der Waals surface area contributed by atoms with Gasteiger partial charge in [-0.25, -0.2) is 9.97 Å². The van der Waals surface area contributed by atoms with Crippen LogP contribution in [0.3, 0.4) is 0 Å². The molecule has 0 bridgehead atoms. The van der Waals surface area contributed by atoms with Crippen molar-refractivity contribution in [3.63, 3.8) is 0 Å². The van der Waals surface area contributed by atoms with Crippen LogP contribution >= 0.6 is 0 Å². The molecule has 3 rings (SSSR count). The van der Waals surface area contributed by atoms with Crippen LogP contribution in [0.4, 0.5) is 5.82 Å². The Morgan fingerprint density at radius 2 is 1.78 bits per heavy atom. The van der Waals surface area contributed by atoms with Gasteiger partial charge in [0, 0.05) is 17.5 Å². The van der Waals surface area contributed by atoms with E-state index in [1.807, 2.05) is 12.1 Å². The van der Waals surface area contributed by atoms with E-state index in [9.17, 15) is 5.26 Å². The maximum absolute atomic E-state index is 9.20. The molecule has 0 radical (unpaired) electrons. The molecule has 2 aromatic rings. The highest BCUT2D eigenvalue weighted by Gasteiger charge is 2.18. The van der Waals surface area contributed by atoms with Crippen molar-refractivity contribution in [1.82, 2.24) is 9.97 Å². The first-order valence-electron chi connectivity index (χ1n) is 7.85. The van der Waals surface area contributed by atoms with Gasteiger partial charge in [0.1, 0.15) is 11.9 Å². The van der Waals surface area contributed by atoms with Gasteiger partial charge in [0.15, 0.2) is 11.5 Å². The van der Waals surface area contributed by atoms with Crippen molar-refractivity contribution in [1.29, 1.82) is 5.26 Å². The molecule has 1 aliphatic carbocycles. The molecule has 1 aromatic heterocycles. The summed E-state index contributed by atoms with van der Waals surface area (Å²) >= 11 is 0. The zero-order valence-electron chi connectivity index (χ0n) is 13.4. The molecule has 0 atom stereocenters. The first-order valence-corrected chi connectivity index (χ1v) is 7.85. The number of methoxy groups -OCH3 is 2. The number of aromatic nitrogens is 2. The lowest BCUT2D eigenvalue weighted by molar-refractivity contribution is 0.356. The maximum atomic E-state index is 9.20. The SMILES string of the molecule is COc1cc2nc(C#N)nc(NC3CCCCC3)c2cc1OC. The number of rotatable bonds is 4. The van der Waals surface area contributed by atoms with Crippen LogP contribution in [0, 0.1) is 11.3 Å². The number of anilines is 1. The Morgan fingerprint density at radius 3 is 2.43 bits per heavy atom. The zero-order valence-corrected chi connectivity index (χ0v) is 13.4. The van der Waals surface area contributed by atoms with Gasteiger partial charge in [0.05, 0.1) is 19.7 Å². The van der Waals surface area contributed by atoms with Crippen LogP contribution in [0.25, 0.3) is 10.9 Å². The molecule has 6 nitrogen and oxygen atoms in total. The molecule has 1 saturated carbocycles. The number of nitriles is 1. The fourth-order valence-corrected chi connectivity index (χ4v) is 3.06. The van der Waals surface area contributed by atoms with Crippen molar-refractivity contribution in [3.05, 3.63) is 18.0 Å². The summed E-state index contributed by atoms with van der Waals surface area (Å²) in [6.07, 6.45) is 5.99. The third kappa shape index (κ3) is 3.14. The van der Waals surface area contributed by atoms with E-state index >= 15 is 0 Å². The smallest absolute Gasteiger partial charge is 0.234 e. The van der Waals surface area contributed by atoms with Gasteiger partial charge in [-0.05, 0) is 18.9 Å². The molecule has 1 N–H and O–H groups in total. The van der Waals surface area contributed by atoms with Gasteiger partial charge >= 0.3 is 0 Å². The van der Waals surface area contributed by atoms with Gasteiger partial charge < -0.3 is 14.8 Å². The summed E-state index contributed by atoms with van der Waals surface area (Å²) in [5, 5.41) is 13.5. The molecule has 0 aliphatic heterocycles. The lowest BCUT2D eigenvalue weighted by atomic mass is 9.95. The van der Waals surface area contributed by atoms with Crippen molar-refractivity contribution >= 4 is 16.7 Å². The lowest BCUT2D eigenvalue weighted by Gasteiger charge is -2.24. The quantitative estimate of drug-likeness (QED) is 0.933. The lowest BCUT2D eigenvalue weighted by Crippen LogP contribution is -2.23. The number of hydrogen-bond acceptors (Lipinski definition) is 6. The van der Waals surface area contributed by atoms with E-state index < -0.39 is 0 Å². The molecule has 0 amide bonds. The van der Waals surface area contributed by atoms with Gasteiger partial charge in [0.25, 0.3) is 0 Å². The van der Waals surface area contributed by atoms with Crippen molar-refractivity contribution in [2.75, 3.05) is 19.5 Å². The largest absolute Gasteiger partial charge is 0.493 e. The van der Waals surface area contributed by atoms with Gasteiger partial charge in [-0.1, -0.05) is 19.3 Å². The average Bonchev–Trinajstić information content (AvgIpc) is 2.61. The molecule has 1 aromatic carbocycles. The van der Waals surface area contributed by atoms with E-state index in [0.717, 1.165) is 18.2 Å². The van der Waals surface area contributed by atoms with E-state index in [1.165, 1.54) is 19.3 Å². The molecule has 0 saturated heterocycles. The van der Waals surface area contributed by atoms with E-state index in [0.29, 0.717) is 28.9 Å². The van der Waals surface area contributed by atoms with E-state index in [-0.39, 0.29) is 5.82 Å². The van der Waals surface area contributed by atoms with Crippen LogP contribution in [0.5, 0.6) is 11.5 Å². The highest BCUT2D eigenvalue weighted by atomic mass is 16.5. The summed E-state index contributed by atoms with van der Waals surface area (Å²) < 4.78 is 10.7. The highest BCUT2D eigenvalue weighted by molar-refractivity contribution is 5.92. The predicted octanol–water partition coefficient (Wildman–Crippen LogP) is 3.26. The second-order valence-electron chi connectivity index (χ2n) is 5.71. The second-order valence-corrected chi connectivity index (χ2v) is 5.71. The highest BCUT2D eigenvalue weighted by Crippen LogP contribution is 2.34. The molecule has 23 heavy (non-hydrogen) atoms. The van der Waals surface area contributed by atoms with Gasteiger partial charge in [0.2, 0.25) is 5.82 Å². The van der Waals surface area contributed by atoms with Crippen molar-refractivity contribution in [2.24, 2.45) is 0 Å². The Bertz CT molecular complexity index is 748. The summed E-state index contributed by atoms with van der Waals surface area (Å²) in [6.45, 7) is 0. The van der Waals surface area contributed by atoms with Crippen LogP contribution < -0.4 is 14.8 Å². The number of hydrogen-bond donors (Lipinski definition) is 1. The summed E-state index contributed by atoms with van der Waals surface area (Å²) in [5.41, 5.74) is 0.674. The minimum absolute atomic E-state index is 0.156. The van der Waals surface area contributed by atoms with Crippen LogP contribution in [-0.4, -0.2) is 30.2 Å². The fourth-order valence-electron chi connectivity index (χ4n) is 3.06. The number of ether oxygens (including phenoxy) is 2. The monoisotopic (exact) mass is 312 g/mol. The molecular weight excluding hydrogens is 292 g/mol. The number of benzene rings is 1. The molecule has 0 unspecified atom stereocenters. The molecule has 1 fully saturated rings. The molecule has 6 heteroatoms. The fraction of sp³-hybridized carbons (Fsp3) is 0.471. The number of nitrogens with one attached hydrogen (secondary N) is 1. The summed E-state index contributed by atoms with van der Waals surface area (Å²) in [7, 11) is 3.18. The standard InChI is InChI=1S/C17H20N4O2/c1-22-14-8-12-13(9-15(14)23-2)20-16(10-18)21-17(12)19-11-6-4-3-5-7-11/h8-9,11H,3-7H2,1-2H3,(H,19,20,21).